The predicted molar refractivity (Wildman–Crippen MR) is 137 cm³/mol. The van der Waals surface area contributed by atoms with Gasteiger partial charge in [-0.15, -0.1) is 0 Å². The van der Waals surface area contributed by atoms with Gasteiger partial charge in [-0.1, -0.05) is 54.9 Å². The van der Waals surface area contributed by atoms with Crippen LogP contribution in [0.5, 0.6) is 0 Å². The summed E-state index contributed by atoms with van der Waals surface area (Å²) in [4.78, 5) is 5.06. The van der Waals surface area contributed by atoms with Crippen LogP contribution in [0.15, 0.2) is 77.8 Å². The van der Waals surface area contributed by atoms with Crippen molar-refractivity contribution in [1.29, 1.82) is 0 Å². The van der Waals surface area contributed by atoms with E-state index in [4.69, 9.17) is 16.6 Å². The second kappa shape index (κ2) is 9.02. The van der Waals surface area contributed by atoms with E-state index in [-0.39, 0.29) is 5.75 Å². The molecule has 0 saturated carbocycles. The number of imidazole rings is 1. The highest BCUT2D eigenvalue weighted by Gasteiger charge is 2.24. The summed E-state index contributed by atoms with van der Waals surface area (Å²) in [5.74, 6) is 0.702. The second-order valence-corrected chi connectivity index (χ2v) is 11.5. The van der Waals surface area contributed by atoms with Crippen LogP contribution < -0.4 is 0 Å². The molecule has 0 amide bonds. The van der Waals surface area contributed by atoms with Crippen molar-refractivity contribution in [3.63, 3.8) is 0 Å². The minimum Gasteiger partial charge on any atom is -0.384 e. The zero-order valence-corrected chi connectivity index (χ0v) is 21.2. The van der Waals surface area contributed by atoms with Crippen molar-refractivity contribution in [3.8, 4) is 28.2 Å². The van der Waals surface area contributed by atoms with E-state index in [2.05, 4.69) is 0 Å². The first-order valence-electron chi connectivity index (χ1n) is 11.0. The lowest BCUT2D eigenvalue weighted by atomic mass is 10.1. The molecule has 3 aromatic carbocycles. The summed E-state index contributed by atoms with van der Waals surface area (Å²) in [7, 11) is -3.28. The first-order valence-corrected chi connectivity index (χ1v) is 13.1. The van der Waals surface area contributed by atoms with E-state index in [1.165, 1.54) is 0 Å². The molecule has 1 aromatic heterocycles. The molecule has 0 saturated heterocycles. The Morgan fingerprint density at radius 2 is 1.68 bits per heavy atom. The number of rotatable bonds is 6. The highest BCUT2D eigenvalue weighted by atomic mass is 35.5. The van der Waals surface area contributed by atoms with Gasteiger partial charge in [0.1, 0.15) is 11.4 Å². The van der Waals surface area contributed by atoms with Gasteiger partial charge < -0.3 is 5.11 Å². The molecule has 0 fully saturated rings. The third kappa shape index (κ3) is 4.67. The number of aromatic nitrogens is 2. The molecule has 0 spiro atoms. The number of sulfone groups is 1. The number of hydrogen-bond acceptors (Lipinski definition) is 4. The fourth-order valence-electron chi connectivity index (χ4n) is 3.81. The highest BCUT2D eigenvalue weighted by molar-refractivity contribution is 7.91. The van der Waals surface area contributed by atoms with Crippen molar-refractivity contribution < 1.29 is 13.5 Å². The minimum atomic E-state index is -3.28. The predicted octanol–water partition coefficient (Wildman–Crippen LogP) is 6.19. The smallest absolute Gasteiger partial charge is 0.178 e. The Morgan fingerprint density at radius 3 is 2.29 bits per heavy atom. The van der Waals surface area contributed by atoms with E-state index in [0.717, 1.165) is 27.9 Å². The second-order valence-electron chi connectivity index (χ2n) is 8.79. The molecule has 1 heterocycles. The van der Waals surface area contributed by atoms with E-state index in [1.54, 1.807) is 39.0 Å². The molecule has 0 unspecified atom stereocenters. The summed E-state index contributed by atoms with van der Waals surface area (Å²) >= 11 is 6.55. The van der Waals surface area contributed by atoms with Crippen LogP contribution in [-0.4, -0.2) is 28.8 Å². The molecule has 0 aliphatic heterocycles. The van der Waals surface area contributed by atoms with Gasteiger partial charge in [0.2, 0.25) is 0 Å². The average Bonchev–Trinajstić information content (AvgIpc) is 3.25. The zero-order valence-electron chi connectivity index (χ0n) is 19.6. The topological polar surface area (TPSA) is 72.2 Å². The largest absolute Gasteiger partial charge is 0.384 e. The number of aliphatic hydroxyl groups is 1. The first-order chi connectivity index (χ1) is 16.0. The molecule has 7 heteroatoms. The third-order valence-corrected chi connectivity index (χ3v) is 7.88. The monoisotopic (exact) mass is 494 g/mol. The molecule has 0 radical (unpaired) electrons. The third-order valence-electron chi connectivity index (χ3n) is 5.83. The molecule has 5 nitrogen and oxygen atoms in total. The molecule has 4 rings (SSSR count). The van der Waals surface area contributed by atoms with Gasteiger partial charge in [0.05, 0.1) is 21.4 Å². The highest BCUT2D eigenvalue weighted by Crippen LogP contribution is 2.34. The van der Waals surface area contributed by atoms with Gasteiger partial charge in [0.25, 0.3) is 0 Å². The lowest BCUT2D eigenvalue weighted by molar-refractivity contribution is 0.0743. The molecule has 34 heavy (non-hydrogen) atoms. The molecule has 4 aromatic rings. The molecule has 0 bridgehead atoms. The fourth-order valence-corrected chi connectivity index (χ4v) is 5.05. The molecule has 0 aliphatic carbocycles. The van der Waals surface area contributed by atoms with Crippen molar-refractivity contribution >= 4 is 21.4 Å². The number of aryl methyl sites for hydroxylation is 1. The van der Waals surface area contributed by atoms with Crippen molar-refractivity contribution in [2.75, 3.05) is 5.75 Å². The maximum atomic E-state index is 12.3. The summed E-state index contributed by atoms with van der Waals surface area (Å²) in [5, 5.41) is 11.2. The van der Waals surface area contributed by atoms with Crippen LogP contribution in [0.3, 0.4) is 0 Å². The number of benzene rings is 3. The van der Waals surface area contributed by atoms with E-state index < -0.39 is 15.4 Å². The van der Waals surface area contributed by atoms with Crippen molar-refractivity contribution in [2.24, 2.45) is 0 Å². The first kappa shape index (κ1) is 24.2. The van der Waals surface area contributed by atoms with Crippen molar-refractivity contribution in [1.82, 2.24) is 9.55 Å². The van der Waals surface area contributed by atoms with Gasteiger partial charge in [-0.25, -0.2) is 13.4 Å². The normalized spacial score (nSPS) is 12.2. The van der Waals surface area contributed by atoms with Gasteiger partial charge in [0, 0.05) is 17.4 Å². The Hall–Kier alpha value is -2.93. The van der Waals surface area contributed by atoms with Crippen LogP contribution >= 0.6 is 11.6 Å². The quantitative estimate of drug-likeness (QED) is 0.347. The fraction of sp³-hybridized carbons (Fsp3) is 0.222. The summed E-state index contributed by atoms with van der Waals surface area (Å²) in [5.41, 5.74) is 3.76. The number of halogens is 1. The minimum absolute atomic E-state index is 0.0593. The van der Waals surface area contributed by atoms with Gasteiger partial charge in [-0.2, -0.15) is 0 Å². The van der Waals surface area contributed by atoms with Gasteiger partial charge in [-0.3, -0.25) is 4.57 Å². The van der Waals surface area contributed by atoms with Gasteiger partial charge in [-0.05, 0) is 67.8 Å². The van der Waals surface area contributed by atoms with Crippen LogP contribution in [0, 0.1) is 6.92 Å². The molecule has 1 N–H and O–H groups in total. The van der Waals surface area contributed by atoms with Crippen LogP contribution in [0.4, 0.5) is 0 Å². The summed E-state index contributed by atoms with van der Waals surface area (Å²) in [6.07, 6.45) is 1.82. The van der Waals surface area contributed by atoms with E-state index in [1.807, 2.05) is 66.2 Å². The summed E-state index contributed by atoms with van der Waals surface area (Å²) < 4.78 is 26.5. The SMILES string of the molecule is CCS(=O)(=O)c1cccc(-c2ccc(-n3cc(C(C)(C)O)nc3-c3c(C)cccc3Cl)cc2)c1. The van der Waals surface area contributed by atoms with Crippen molar-refractivity contribution in [3.05, 3.63) is 89.2 Å². The van der Waals surface area contributed by atoms with Crippen LogP contribution in [0.2, 0.25) is 5.02 Å². The van der Waals surface area contributed by atoms with Gasteiger partial charge in [0.15, 0.2) is 9.84 Å². The standard InChI is InChI=1S/C27H27ClN2O3S/c1-5-34(32,33)22-10-7-9-20(16-22)19-12-14-21(15-13-19)30-17-24(27(3,4)31)29-26(30)25-18(2)8-6-11-23(25)28/h6-17,31H,5H2,1-4H3. The number of nitrogens with zero attached hydrogens (tertiary/aromatic N) is 2. The lowest BCUT2D eigenvalue weighted by Crippen LogP contribution is -2.15. The average molecular weight is 495 g/mol. The van der Waals surface area contributed by atoms with Crippen LogP contribution in [0.25, 0.3) is 28.2 Å². The Balaban J connectivity index is 1.81. The molecular formula is C27H27ClN2O3S. The Bertz CT molecular complexity index is 1430. The summed E-state index contributed by atoms with van der Waals surface area (Å²) in [6.45, 7) is 7.01. The number of hydrogen-bond donors (Lipinski definition) is 1. The zero-order chi connectivity index (χ0) is 24.7. The van der Waals surface area contributed by atoms with Crippen LogP contribution in [-0.2, 0) is 15.4 Å². The molecule has 0 aliphatic rings. The Morgan fingerprint density at radius 1 is 1.00 bits per heavy atom. The summed E-state index contributed by atoms with van der Waals surface area (Å²) in [6, 6.07) is 20.5. The van der Waals surface area contributed by atoms with Gasteiger partial charge >= 0.3 is 0 Å². The Kier molecular flexibility index (Phi) is 6.42. The molecule has 0 atom stereocenters. The Labute approximate surface area is 205 Å². The van der Waals surface area contributed by atoms with Crippen LogP contribution in [0.1, 0.15) is 32.0 Å². The molecular weight excluding hydrogens is 468 g/mol. The molecule has 176 valence electrons. The van der Waals surface area contributed by atoms with E-state index in [0.29, 0.717) is 21.4 Å². The lowest BCUT2D eigenvalue weighted by Gasteiger charge is -2.13. The maximum Gasteiger partial charge on any atom is 0.178 e. The van der Waals surface area contributed by atoms with E-state index >= 15 is 0 Å². The maximum absolute atomic E-state index is 12.3. The van der Waals surface area contributed by atoms with E-state index in [9.17, 15) is 13.5 Å². The van der Waals surface area contributed by atoms with Crippen molar-refractivity contribution in [2.45, 2.75) is 38.2 Å².